The lowest BCUT2D eigenvalue weighted by Crippen LogP contribution is -2.08. The number of aryl methyl sites for hydroxylation is 1. The summed E-state index contributed by atoms with van der Waals surface area (Å²) < 4.78 is 5.50. The van der Waals surface area contributed by atoms with Gasteiger partial charge in [-0.1, -0.05) is 29.8 Å². The molecule has 0 aliphatic heterocycles. The van der Waals surface area contributed by atoms with Crippen molar-refractivity contribution in [1.82, 2.24) is 0 Å². The van der Waals surface area contributed by atoms with Gasteiger partial charge >= 0.3 is 0 Å². The molecule has 0 saturated heterocycles. The van der Waals surface area contributed by atoms with Crippen molar-refractivity contribution in [3.8, 4) is 5.75 Å². The molecule has 1 unspecified atom stereocenters. The summed E-state index contributed by atoms with van der Waals surface area (Å²) in [6.07, 6.45) is 0. The molecule has 0 radical (unpaired) electrons. The lowest BCUT2D eigenvalue weighted by atomic mass is 10.1. The van der Waals surface area contributed by atoms with Gasteiger partial charge in [-0.05, 0) is 56.2 Å². The summed E-state index contributed by atoms with van der Waals surface area (Å²) in [6, 6.07) is 14.1. The highest BCUT2D eigenvalue weighted by Gasteiger charge is 2.10. The van der Waals surface area contributed by atoms with E-state index in [-0.39, 0.29) is 6.04 Å². The molecule has 2 aromatic rings. The Morgan fingerprint density at radius 3 is 2.60 bits per heavy atom. The summed E-state index contributed by atoms with van der Waals surface area (Å²) in [4.78, 5) is 0. The first-order chi connectivity index (χ1) is 9.61. The van der Waals surface area contributed by atoms with Crippen LogP contribution in [0.2, 0.25) is 5.02 Å². The van der Waals surface area contributed by atoms with Crippen LogP contribution < -0.4 is 10.1 Å². The molecule has 2 aromatic carbocycles. The third-order valence-electron chi connectivity index (χ3n) is 3.25. The molecule has 0 heterocycles. The first-order valence-corrected chi connectivity index (χ1v) is 7.24. The van der Waals surface area contributed by atoms with Crippen LogP contribution >= 0.6 is 11.6 Å². The van der Waals surface area contributed by atoms with Gasteiger partial charge in [0, 0.05) is 16.8 Å². The lowest BCUT2D eigenvalue weighted by Gasteiger charge is -2.19. The van der Waals surface area contributed by atoms with E-state index in [2.05, 4.69) is 19.2 Å². The van der Waals surface area contributed by atoms with E-state index < -0.39 is 0 Å². The molecule has 2 rings (SSSR count). The van der Waals surface area contributed by atoms with Gasteiger partial charge in [-0.2, -0.15) is 0 Å². The second-order valence-electron chi connectivity index (χ2n) is 4.80. The van der Waals surface area contributed by atoms with E-state index in [1.165, 1.54) is 0 Å². The monoisotopic (exact) mass is 289 g/mol. The number of halogens is 1. The van der Waals surface area contributed by atoms with Crippen molar-refractivity contribution in [2.75, 3.05) is 11.9 Å². The minimum absolute atomic E-state index is 0.153. The maximum absolute atomic E-state index is 6.23. The standard InChI is InChI=1S/C17H20ClNO/c1-4-20-14-9-10-17(12(2)11-14)19-13(3)15-7-5-6-8-16(15)18/h5-11,13,19H,4H2,1-3H3. The zero-order chi connectivity index (χ0) is 14.5. The van der Waals surface area contributed by atoms with Gasteiger partial charge in [0.1, 0.15) is 5.75 Å². The van der Waals surface area contributed by atoms with E-state index in [0.717, 1.165) is 27.6 Å². The summed E-state index contributed by atoms with van der Waals surface area (Å²) in [5.41, 5.74) is 3.36. The van der Waals surface area contributed by atoms with Crippen molar-refractivity contribution >= 4 is 17.3 Å². The maximum atomic E-state index is 6.23. The van der Waals surface area contributed by atoms with Crippen LogP contribution in [0.25, 0.3) is 0 Å². The number of nitrogens with one attached hydrogen (secondary N) is 1. The highest BCUT2D eigenvalue weighted by molar-refractivity contribution is 6.31. The molecule has 0 aliphatic carbocycles. The van der Waals surface area contributed by atoms with Crippen molar-refractivity contribution in [2.24, 2.45) is 0 Å². The first kappa shape index (κ1) is 14.7. The maximum Gasteiger partial charge on any atom is 0.119 e. The number of benzene rings is 2. The summed E-state index contributed by atoms with van der Waals surface area (Å²) in [7, 11) is 0. The van der Waals surface area contributed by atoms with E-state index in [4.69, 9.17) is 16.3 Å². The Morgan fingerprint density at radius 1 is 1.20 bits per heavy atom. The Hall–Kier alpha value is -1.67. The molecule has 0 saturated carbocycles. The highest BCUT2D eigenvalue weighted by atomic mass is 35.5. The van der Waals surface area contributed by atoms with E-state index in [1.807, 2.05) is 49.4 Å². The lowest BCUT2D eigenvalue weighted by molar-refractivity contribution is 0.340. The molecule has 2 nitrogen and oxygen atoms in total. The molecule has 0 aliphatic rings. The topological polar surface area (TPSA) is 21.3 Å². The average molecular weight is 290 g/mol. The van der Waals surface area contributed by atoms with Gasteiger partial charge in [-0.3, -0.25) is 0 Å². The Balaban J connectivity index is 2.16. The molecular formula is C17H20ClNO. The first-order valence-electron chi connectivity index (χ1n) is 6.86. The second-order valence-corrected chi connectivity index (χ2v) is 5.20. The van der Waals surface area contributed by atoms with Gasteiger partial charge in [-0.15, -0.1) is 0 Å². The van der Waals surface area contributed by atoms with Crippen LogP contribution in [0.4, 0.5) is 5.69 Å². The predicted octanol–water partition coefficient (Wildman–Crippen LogP) is 5.22. The Morgan fingerprint density at radius 2 is 1.95 bits per heavy atom. The number of ether oxygens (including phenoxy) is 1. The van der Waals surface area contributed by atoms with E-state index in [1.54, 1.807) is 0 Å². The molecule has 20 heavy (non-hydrogen) atoms. The fourth-order valence-electron chi connectivity index (χ4n) is 2.19. The fourth-order valence-corrected chi connectivity index (χ4v) is 2.49. The van der Waals surface area contributed by atoms with Crippen molar-refractivity contribution in [2.45, 2.75) is 26.8 Å². The van der Waals surface area contributed by atoms with Gasteiger partial charge in [-0.25, -0.2) is 0 Å². The quantitative estimate of drug-likeness (QED) is 0.815. The molecule has 0 amide bonds. The van der Waals surface area contributed by atoms with Crippen molar-refractivity contribution in [1.29, 1.82) is 0 Å². The Labute approximate surface area is 125 Å². The molecule has 106 valence electrons. The van der Waals surface area contributed by atoms with E-state index in [9.17, 15) is 0 Å². The predicted molar refractivity (Wildman–Crippen MR) is 85.8 cm³/mol. The third-order valence-corrected chi connectivity index (χ3v) is 3.60. The second kappa shape index (κ2) is 6.67. The molecule has 0 aromatic heterocycles. The number of hydrogen-bond acceptors (Lipinski definition) is 2. The molecule has 0 bridgehead atoms. The van der Waals surface area contributed by atoms with Crippen LogP contribution in [0.1, 0.15) is 31.0 Å². The van der Waals surface area contributed by atoms with Gasteiger partial charge in [0.15, 0.2) is 0 Å². The molecule has 3 heteroatoms. The van der Waals surface area contributed by atoms with Gasteiger partial charge in [0.25, 0.3) is 0 Å². The third kappa shape index (κ3) is 3.45. The molecule has 0 spiro atoms. The van der Waals surface area contributed by atoms with Crippen molar-refractivity contribution < 1.29 is 4.74 Å². The van der Waals surface area contributed by atoms with Crippen LogP contribution in [0.5, 0.6) is 5.75 Å². The normalized spacial score (nSPS) is 12.0. The Bertz CT molecular complexity index is 583. The van der Waals surface area contributed by atoms with Crippen LogP contribution in [0.3, 0.4) is 0 Å². The average Bonchev–Trinajstić information content (AvgIpc) is 2.42. The summed E-state index contributed by atoms with van der Waals surface area (Å²) >= 11 is 6.23. The van der Waals surface area contributed by atoms with E-state index in [0.29, 0.717) is 6.61 Å². The van der Waals surface area contributed by atoms with Crippen molar-refractivity contribution in [3.05, 3.63) is 58.6 Å². The SMILES string of the molecule is CCOc1ccc(NC(C)c2ccccc2Cl)c(C)c1. The summed E-state index contributed by atoms with van der Waals surface area (Å²) in [5.74, 6) is 0.904. The van der Waals surface area contributed by atoms with Gasteiger partial charge in [0.05, 0.1) is 6.61 Å². The number of rotatable bonds is 5. The van der Waals surface area contributed by atoms with Crippen LogP contribution in [-0.2, 0) is 0 Å². The summed E-state index contributed by atoms with van der Waals surface area (Å²) in [5, 5.41) is 4.28. The fraction of sp³-hybridized carbons (Fsp3) is 0.294. The minimum Gasteiger partial charge on any atom is -0.494 e. The van der Waals surface area contributed by atoms with Gasteiger partial charge < -0.3 is 10.1 Å². The largest absolute Gasteiger partial charge is 0.494 e. The molecular weight excluding hydrogens is 270 g/mol. The number of anilines is 1. The minimum atomic E-state index is 0.153. The zero-order valence-electron chi connectivity index (χ0n) is 12.1. The summed E-state index contributed by atoms with van der Waals surface area (Å²) in [6.45, 7) is 6.85. The van der Waals surface area contributed by atoms with E-state index >= 15 is 0 Å². The van der Waals surface area contributed by atoms with Gasteiger partial charge in [0.2, 0.25) is 0 Å². The zero-order valence-corrected chi connectivity index (χ0v) is 12.9. The Kier molecular flexibility index (Phi) is 4.91. The highest BCUT2D eigenvalue weighted by Crippen LogP contribution is 2.28. The smallest absolute Gasteiger partial charge is 0.119 e. The molecule has 0 fully saturated rings. The number of hydrogen-bond donors (Lipinski definition) is 1. The molecule has 1 N–H and O–H groups in total. The molecule has 1 atom stereocenters. The van der Waals surface area contributed by atoms with Crippen LogP contribution in [-0.4, -0.2) is 6.61 Å². The van der Waals surface area contributed by atoms with Crippen molar-refractivity contribution in [3.63, 3.8) is 0 Å². The van der Waals surface area contributed by atoms with Crippen LogP contribution in [0.15, 0.2) is 42.5 Å². The van der Waals surface area contributed by atoms with Crippen LogP contribution in [0, 0.1) is 6.92 Å².